The van der Waals surface area contributed by atoms with Crippen molar-refractivity contribution in [1.29, 1.82) is 0 Å². The van der Waals surface area contributed by atoms with Crippen molar-refractivity contribution in [2.24, 2.45) is 20.5 Å². The van der Waals surface area contributed by atoms with E-state index in [-0.39, 0.29) is 11.5 Å². The zero-order valence-electron chi connectivity index (χ0n) is 25.0. The molecule has 16 heteroatoms. The van der Waals surface area contributed by atoms with Crippen molar-refractivity contribution in [3.05, 3.63) is 95.0 Å². The van der Waals surface area contributed by atoms with Gasteiger partial charge in [-0.2, -0.15) is 20.5 Å². The number of thioether (sulfide) groups is 2. The van der Waals surface area contributed by atoms with Crippen LogP contribution in [-0.2, 0) is 0 Å². The maximum atomic E-state index is 10.4. The number of benzene rings is 4. The van der Waals surface area contributed by atoms with Gasteiger partial charge < -0.3 is 10.2 Å². The monoisotopic (exact) mass is 716 g/mol. The lowest BCUT2D eigenvalue weighted by Gasteiger charge is -2.02. The number of nitrogens with one attached hydrogen (secondary N) is 2. The molecule has 0 aliphatic carbocycles. The summed E-state index contributed by atoms with van der Waals surface area (Å²) in [4.78, 5) is 9.07. The smallest absolute Gasteiger partial charge is 0.208 e. The molecule has 6 aromatic rings. The van der Waals surface area contributed by atoms with E-state index in [1.54, 1.807) is 84.9 Å². The molecular formula is C32H26Cl2N10O2S2. The van der Waals surface area contributed by atoms with Crippen molar-refractivity contribution < 1.29 is 10.2 Å². The standard InChI is InChI=1S/C32H26Cl2N10O2S2/c33-19-3-7-21(8-4-19)37-39-23-11-13-27(45)25(17-23)29-35-31(43-41-29)47-15-1-2-16-48-32-36-30(42-44-32)26-18-24(12-14-28(26)46)40-38-22-9-5-20(34)6-10-22/h3-14,17-18,45-46H,1-2,15-16H2,(H,35,41,43)(H,36,42,44). The number of rotatable bonds is 13. The molecule has 0 spiro atoms. The van der Waals surface area contributed by atoms with Crippen molar-refractivity contribution in [2.45, 2.75) is 23.2 Å². The molecule has 0 saturated heterocycles. The Labute approximate surface area is 293 Å². The number of nitrogens with zero attached hydrogens (tertiary/aromatic N) is 8. The third-order valence-electron chi connectivity index (χ3n) is 6.62. The van der Waals surface area contributed by atoms with Gasteiger partial charge in [0.05, 0.1) is 33.9 Å². The first-order chi connectivity index (χ1) is 23.4. The van der Waals surface area contributed by atoms with Gasteiger partial charge >= 0.3 is 0 Å². The van der Waals surface area contributed by atoms with E-state index in [1.807, 2.05) is 0 Å². The molecule has 0 aliphatic rings. The van der Waals surface area contributed by atoms with Crippen LogP contribution in [0.1, 0.15) is 12.8 Å². The molecule has 6 rings (SSSR count). The zero-order valence-corrected chi connectivity index (χ0v) is 28.1. The molecule has 4 aromatic carbocycles. The minimum atomic E-state index is 0.0582. The summed E-state index contributed by atoms with van der Waals surface area (Å²) in [5, 5.41) is 54.5. The first-order valence-electron chi connectivity index (χ1n) is 14.5. The van der Waals surface area contributed by atoms with Gasteiger partial charge in [0.15, 0.2) is 11.6 Å². The molecule has 2 heterocycles. The van der Waals surface area contributed by atoms with Gasteiger partial charge in [-0.1, -0.05) is 46.7 Å². The normalized spacial score (nSPS) is 11.6. The summed E-state index contributed by atoms with van der Waals surface area (Å²) in [7, 11) is 0. The maximum absolute atomic E-state index is 10.4. The summed E-state index contributed by atoms with van der Waals surface area (Å²) >= 11 is 14.9. The first-order valence-corrected chi connectivity index (χ1v) is 17.2. The Hall–Kier alpha value is -4.76. The van der Waals surface area contributed by atoms with E-state index < -0.39 is 0 Å². The van der Waals surface area contributed by atoms with Crippen LogP contribution in [0.2, 0.25) is 10.0 Å². The number of phenolic OH excluding ortho intramolecular Hbond substituents is 2. The predicted octanol–water partition coefficient (Wildman–Crippen LogP) is 10.5. The topological polar surface area (TPSA) is 173 Å². The first kappa shape index (κ1) is 33.2. The molecule has 0 amide bonds. The van der Waals surface area contributed by atoms with Gasteiger partial charge in [-0.25, -0.2) is 9.97 Å². The fourth-order valence-electron chi connectivity index (χ4n) is 4.19. The van der Waals surface area contributed by atoms with E-state index >= 15 is 0 Å². The van der Waals surface area contributed by atoms with Gasteiger partial charge in [0.25, 0.3) is 0 Å². The number of hydrogen-bond acceptors (Lipinski definition) is 12. The zero-order chi connectivity index (χ0) is 33.3. The molecule has 12 nitrogen and oxygen atoms in total. The van der Waals surface area contributed by atoms with Crippen molar-refractivity contribution in [1.82, 2.24) is 30.4 Å². The van der Waals surface area contributed by atoms with Gasteiger partial charge in [-0.3, -0.25) is 10.2 Å². The van der Waals surface area contributed by atoms with Crippen LogP contribution in [0.3, 0.4) is 0 Å². The number of H-pyrrole nitrogens is 2. The second kappa shape index (κ2) is 15.9. The number of hydrogen-bond donors (Lipinski definition) is 4. The van der Waals surface area contributed by atoms with Crippen LogP contribution in [0.5, 0.6) is 11.5 Å². The quantitative estimate of drug-likeness (QED) is 0.0519. The summed E-state index contributed by atoms with van der Waals surface area (Å²) in [5.74, 6) is 2.62. The fraction of sp³-hybridized carbons (Fsp3) is 0.125. The van der Waals surface area contributed by atoms with E-state index in [9.17, 15) is 10.2 Å². The molecule has 0 fully saturated rings. The van der Waals surface area contributed by atoms with Crippen molar-refractivity contribution in [3.63, 3.8) is 0 Å². The average molecular weight is 718 g/mol. The highest BCUT2D eigenvalue weighted by Crippen LogP contribution is 2.34. The number of azo groups is 2. The molecule has 0 atom stereocenters. The average Bonchev–Trinajstić information content (AvgIpc) is 3.77. The summed E-state index contributed by atoms with van der Waals surface area (Å²) < 4.78 is 0. The second-order valence-electron chi connectivity index (χ2n) is 10.1. The van der Waals surface area contributed by atoms with E-state index in [1.165, 1.54) is 23.5 Å². The second-order valence-corrected chi connectivity index (χ2v) is 13.1. The summed E-state index contributed by atoms with van der Waals surface area (Å²) in [5.41, 5.74) is 3.39. The minimum Gasteiger partial charge on any atom is -0.507 e. The number of halogens is 2. The Morgan fingerprint density at radius 1 is 0.542 bits per heavy atom. The molecule has 0 unspecified atom stereocenters. The van der Waals surface area contributed by atoms with Gasteiger partial charge in [0.2, 0.25) is 10.3 Å². The van der Waals surface area contributed by atoms with E-state index in [0.29, 0.717) is 65.9 Å². The molecule has 0 bridgehead atoms. The fourth-order valence-corrected chi connectivity index (χ4v) is 6.04. The Morgan fingerprint density at radius 3 is 1.33 bits per heavy atom. The van der Waals surface area contributed by atoms with Crippen LogP contribution < -0.4 is 0 Å². The van der Waals surface area contributed by atoms with Gasteiger partial charge in [0.1, 0.15) is 11.5 Å². The lowest BCUT2D eigenvalue weighted by Crippen LogP contribution is -1.87. The minimum absolute atomic E-state index is 0.0582. The molecule has 2 aromatic heterocycles. The summed E-state index contributed by atoms with van der Waals surface area (Å²) in [6.07, 6.45) is 1.85. The SMILES string of the molecule is Oc1ccc(N=Nc2ccc(Cl)cc2)cc1-c1nc(SCCCCSc2n[nH]c(-c3cc(N=Nc4ccc(Cl)cc4)ccc3O)n2)n[nH]1. The Balaban J connectivity index is 0.963. The maximum Gasteiger partial charge on any atom is 0.208 e. The molecule has 48 heavy (non-hydrogen) atoms. The number of aromatic hydroxyl groups is 2. The van der Waals surface area contributed by atoms with Gasteiger partial charge in [-0.15, -0.1) is 10.2 Å². The summed E-state index contributed by atoms with van der Waals surface area (Å²) in [6.45, 7) is 0. The van der Waals surface area contributed by atoms with Gasteiger partial charge in [-0.05, 0) is 97.8 Å². The lowest BCUT2D eigenvalue weighted by molar-refractivity contribution is 0.476. The van der Waals surface area contributed by atoms with E-state index in [2.05, 4.69) is 50.8 Å². The summed E-state index contributed by atoms with van der Waals surface area (Å²) in [6, 6.07) is 23.9. The van der Waals surface area contributed by atoms with Crippen molar-refractivity contribution >= 4 is 69.5 Å². The van der Waals surface area contributed by atoms with E-state index in [0.717, 1.165) is 24.3 Å². The number of phenols is 2. The number of aromatic amines is 2. The highest BCUT2D eigenvalue weighted by molar-refractivity contribution is 7.99. The van der Waals surface area contributed by atoms with Crippen molar-refractivity contribution in [3.8, 4) is 34.3 Å². The van der Waals surface area contributed by atoms with E-state index in [4.69, 9.17) is 23.2 Å². The number of aromatic nitrogens is 6. The third kappa shape index (κ3) is 8.98. The van der Waals surface area contributed by atoms with Crippen LogP contribution in [-0.4, -0.2) is 52.1 Å². The molecule has 0 saturated carbocycles. The Bertz CT molecular complexity index is 1900. The third-order valence-corrected chi connectivity index (χ3v) is 8.99. The van der Waals surface area contributed by atoms with Crippen LogP contribution in [0, 0.1) is 0 Å². The van der Waals surface area contributed by atoms with Crippen molar-refractivity contribution in [2.75, 3.05) is 11.5 Å². The molecule has 0 aliphatic heterocycles. The van der Waals surface area contributed by atoms with Crippen LogP contribution in [0.25, 0.3) is 22.8 Å². The number of unbranched alkanes of at least 4 members (excludes halogenated alkanes) is 1. The van der Waals surface area contributed by atoms with Crippen LogP contribution in [0.15, 0.2) is 116 Å². The Kier molecular flexibility index (Phi) is 11.0. The predicted molar refractivity (Wildman–Crippen MR) is 189 cm³/mol. The van der Waals surface area contributed by atoms with Crippen LogP contribution in [0.4, 0.5) is 22.7 Å². The molecular weight excluding hydrogens is 691 g/mol. The highest BCUT2D eigenvalue weighted by atomic mass is 35.5. The molecule has 4 N–H and O–H groups in total. The van der Waals surface area contributed by atoms with Crippen LogP contribution >= 0.6 is 46.7 Å². The highest BCUT2D eigenvalue weighted by Gasteiger charge is 2.13. The van der Waals surface area contributed by atoms with Gasteiger partial charge in [0, 0.05) is 21.6 Å². The molecule has 242 valence electrons. The lowest BCUT2D eigenvalue weighted by atomic mass is 10.1. The Morgan fingerprint density at radius 2 is 0.917 bits per heavy atom. The largest absolute Gasteiger partial charge is 0.507 e. The molecule has 0 radical (unpaired) electrons.